The van der Waals surface area contributed by atoms with Gasteiger partial charge >= 0.3 is 18.0 Å². The molecule has 0 saturated carbocycles. The van der Waals surface area contributed by atoms with Crippen molar-refractivity contribution in [1.29, 1.82) is 0 Å². The SMILES string of the molecule is C=C.C=C.C=CCOc1nc(OCC=C)nc(OCC=C)n1. The lowest BCUT2D eigenvalue weighted by Gasteiger charge is -2.07. The predicted octanol–water partition coefficient (Wildman–Crippen LogP) is 3.17. The molecule has 120 valence electrons. The maximum atomic E-state index is 5.20. The fourth-order valence-corrected chi connectivity index (χ4v) is 0.914. The predicted molar refractivity (Wildman–Crippen MR) is 89.4 cm³/mol. The third kappa shape index (κ3) is 9.96. The van der Waals surface area contributed by atoms with E-state index in [1.54, 1.807) is 18.2 Å². The van der Waals surface area contributed by atoms with E-state index in [4.69, 9.17) is 14.2 Å². The molecule has 0 fully saturated rings. The molecule has 0 bridgehead atoms. The summed E-state index contributed by atoms with van der Waals surface area (Å²) in [6.07, 6.45) is 4.75. The smallest absolute Gasteiger partial charge is 0.326 e. The molecule has 0 N–H and O–H groups in total. The van der Waals surface area contributed by atoms with Crippen LogP contribution in [0.4, 0.5) is 0 Å². The zero-order chi connectivity index (χ0) is 17.2. The highest BCUT2D eigenvalue weighted by molar-refractivity contribution is 5.09. The van der Waals surface area contributed by atoms with Crippen molar-refractivity contribution in [3.8, 4) is 18.0 Å². The summed E-state index contributed by atoms with van der Waals surface area (Å²) in [5.41, 5.74) is 0. The fraction of sp³-hybridized carbons (Fsp3) is 0.188. The van der Waals surface area contributed by atoms with Gasteiger partial charge in [0, 0.05) is 0 Å². The molecule has 0 spiro atoms. The maximum Gasteiger partial charge on any atom is 0.326 e. The summed E-state index contributed by atoms with van der Waals surface area (Å²) in [6, 6.07) is 0.342. The van der Waals surface area contributed by atoms with Gasteiger partial charge < -0.3 is 14.2 Å². The summed E-state index contributed by atoms with van der Waals surface area (Å²) in [6.45, 7) is 23.5. The van der Waals surface area contributed by atoms with Crippen molar-refractivity contribution < 1.29 is 14.2 Å². The highest BCUT2D eigenvalue weighted by Gasteiger charge is 2.08. The van der Waals surface area contributed by atoms with Crippen molar-refractivity contribution in [2.24, 2.45) is 0 Å². The van der Waals surface area contributed by atoms with Crippen LogP contribution in [0.25, 0.3) is 0 Å². The molecule has 6 heteroatoms. The Morgan fingerprint density at radius 3 is 1.00 bits per heavy atom. The van der Waals surface area contributed by atoms with E-state index in [1.165, 1.54) is 0 Å². The first-order valence-corrected chi connectivity index (χ1v) is 6.27. The molecular formula is C16H23N3O3. The van der Waals surface area contributed by atoms with Crippen molar-refractivity contribution in [3.05, 3.63) is 64.3 Å². The highest BCUT2D eigenvalue weighted by Crippen LogP contribution is 2.14. The number of nitrogens with zero attached hydrogens (tertiary/aromatic N) is 3. The zero-order valence-electron chi connectivity index (χ0n) is 12.9. The average Bonchev–Trinajstić information content (AvgIpc) is 2.59. The largest absolute Gasteiger partial charge is 0.459 e. The second kappa shape index (κ2) is 16.2. The van der Waals surface area contributed by atoms with Crippen molar-refractivity contribution in [3.63, 3.8) is 0 Å². The van der Waals surface area contributed by atoms with Gasteiger partial charge in [0.1, 0.15) is 19.8 Å². The Morgan fingerprint density at radius 1 is 0.591 bits per heavy atom. The Kier molecular flexibility index (Phi) is 15.7. The van der Waals surface area contributed by atoms with E-state index < -0.39 is 0 Å². The minimum absolute atomic E-state index is 0.114. The molecule has 0 aliphatic rings. The summed E-state index contributed by atoms with van der Waals surface area (Å²) in [4.78, 5) is 11.8. The Labute approximate surface area is 132 Å². The summed E-state index contributed by atoms with van der Waals surface area (Å²) >= 11 is 0. The van der Waals surface area contributed by atoms with Gasteiger partial charge in [-0.1, -0.05) is 38.0 Å². The van der Waals surface area contributed by atoms with E-state index in [2.05, 4.69) is 61.0 Å². The quantitative estimate of drug-likeness (QED) is 0.653. The molecular weight excluding hydrogens is 282 g/mol. The molecule has 0 amide bonds. The second-order valence-corrected chi connectivity index (χ2v) is 2.98. The Bertz CT molecular complexity index is 374. The second-order valence-electron chi connectivity index (χ2n) is 2.98. The molecule has 1 aromatic heterocycles. The third-order valence-corrected chi connectivity index (χ3v) is 1.56. The van der Waals surface area contributed by atoms with Gasteiger partial charge in [-0.25, -0.2) is 0 Å². The lowest BCUT2D eigenvalue weighted by Crippen LogP contribution is -2.07. The molecule has 0 aliphatic carbocycles. The summed E-state index contributed by atoms with van der Waals surface area (Å²) < 4.78 is 15.6. The molecule has 22 heavy (non-hydrogen) atoms. The van der Waals surface area contributed by atoms with Crippen LogP contribution in [-0.2, 0) is 0 Å². The van der Waals surface area contributed by atoms with E-state index >= 15 is 0 Å². The minimum Gasteiger partial charge on any atom is -0.459 e. The molecule has 0 atom stereocenters. The van der Waals surface area contributed by atoms with Crippen molar-refractivity contribution in [2.75, 3.05) is 19.8 Å². The van der Waals surface area contributed by atoms with Gasteiger partial charge in [0.15, 0.2) is 0 Å². The molecule has 0 aromatic carbocycles. The van der Waals surface area contributed by atoms with Crippen LogP contribution in [-0.4, -0.2) is 34.8 Å². The lowest BCUT2D eigenvalue weighted by atomic mass is 10.7. The molecule has 0 radical (unpaired) electrons. The molecule has 1 aromatic rings. The highest BCUT2D eigenvalue weighted by atomic mass is 16.5. The van der Waals surface area contributed by atoms with E-state index in [0.717, 1.165) is 0 Å². The standard InChI is InChI=1S/C12H15N3O3.2C2H4/c1-4-7-16-10-13-11(17-8-5-2)15-12(14-10)18-9-6-3;2*1-2/h4-6H,1-3,7-9H2;2*1-2H2. The molecule has 1 heterocycles. The number of hydrogen-bond acceptors (Lipinski definition) is 6. The van der Waals surface area contributed by atoms with Crippen LogP contribution in [0.3, 0.4) is 0 Å². The summed E-state index contributed by atoms with van der Waals surface area (Å²) in [7, 11) is 0. The molecule has 1 rings (SSSR count). The van der Waals surface area contributed by atoms with Gasteiger partial charge in [-0.2, -0.15) is 0 Å². The topological polar surface area (TPSA) is 66.4 Å². The lowest BCUT2D eigenvalue weighted by molar-refractivity contribution is 0.268. The van der Waals surface area contributed by atoms with E-state index in [9.17, 15) is 0 Å². The number of rotatable bonds is 9. The summed E-state index contributed by atoms with van der Waals surface area (Å²) in [5.74, 6) is 0. The molecule has 0 unspecified atom stereocenters. The van der Waals surface area contributed by atoms with E-state index in [0.29, 0.717) is 0 Å². The minimum atomic E-state index is 0.114. The average molecular weight is 305 g/mol. The van der Waals surface area contributed by atoms with E-state index in [-0.39, 0.29) is 37.9 Å². The third-order valence-electron chi connectivity index (χ3n) is 1.56. The van der Waals surface area contributed by atoms with Gasteiger partial charge in [-0.15, -0.1) is 41.3 Å². The normalized spacial score (nSPS) is 8.00. The van der Waals surface area contributed by atoms with Crippen LogP contribution >= 0.6 is 0 Å². The van der Waals surface area contributed by atoms with Crippen LogP contribution in [0.15, 0.2) is 64.3 Å². The first-order valence-electron chi connectivity index (χ1n) is 6.27. The number of aromatic nitrogens is 3. The molecule has 0 saturated heterocycles. The van der Waals surface area contributed by atoms with Crippen LogP contribution in [0, 0.1) is 0 Å². The van der Waals surface area contributed by atoms with Gasteiger partial charge in [-0.3, -0.25) is 0 Å². The van der Waals surface area contributed by atoms with Crippen molar-refractivity contribution in [2.45, 2.75) is 0 Å². The van der Waals surface area contributed by atoms with Crippen LogP contribution in [0.2, 0.25) is 0 Å². The number of ether oxygens (including phenoxy) is 3. The van der Waals surface area contributed by atoms with Gasteiger partial charge in [0.05, 0.1) is 0 Å². The van der Waals surface area contributed by atoms with Crippen LogP contribution < -0.4 is 14.2 Å². The van der Waals surface area contributed by atoms with Crippen molar-refractivity contribution >= 4 is 0 Å². The maximum absolute atomic E-state index is 5.20. The Morgan fingerprint density at radius 2 is 0.818 bits per heavy atom. The van der Waals surface area contributed by atoms with Gasteiger partial charge in [0.2, 0.25) is 0 Å². The Hall–Kier alpha value is -2.89. The Balaban J connectivity index is 0. The van der Waals surface area contributed by atoms with Gasteiger partial charge in [0.25, 0.3) is 0 Å². The van der Waals surface area contributed by atoms with Gasteiger partial charge in [-0.05, 0) is 0 Å². The zero-order valence-corrected chi connectivity index (χ0v) is 12.9. The summed E-state index contributed by atoms with van der Waals surface area (Å²) in [5, 5.41) is 0. The number of hydrogen-bond donors (Lipinski definition) is 0. The van der Waals surface area contributed by atoms with Crippen LogP contribution in [0.1, 0.15) is 0 Å². The monoisotopic (exact) mass is 305 g/mol. The fourth-order valence-electron chi connectivity index (χ4n) is 0.914. The van der Waals surface area contributed by atoms with Crippen molar-refractivity contribution in [1.82, 2.24) is 15.0 Å². The molecule has 6 nitrogen and oxygen atoms in total. The first kappa shape index (κ1) is 21.4. The van der Waals surface area contributed by atoms with Crippen LogP contribution in [0.5, 0.6) is 18.0 Å². The molecule has 0 aliphatic heterocycles. The first-order chi connectivity index (χ1) is 10.8. The van der Waals surface area contributed by atoms with E-state index in [1.807, 2.05) is 0 Å².